The lowest BCUT2D eigenvalue weighted by molar-refractivity contribution is 0.538. The van der Waals surface area contributed by atoms with E-state index in [9.17, 15) is 4.79 Å². The summed E-state index contributed by atoms with van der Waals surface area (Å²) in [7, 11) is 0. The molecule has 1 nitrogen and oxygen atoms in total. The van der Waals surface area contributed by atoms with Crippen molar-refractivity contribution in [3.05, 3.63) is 0 Å². The SMILES string of the molecule is CC([C]=O)CS. The Kier molecular flexibility index (Phi) is 3.23. The molecule has 0 heterocycles. The molecule has 1 atom stereocenters. The van der Waals surface area contributed by atoms with Crippen molar-refractivity contribution in [2.75, 3.05) is 5.75 Å². The van der Waals surface area contributed by atoms with Gasteiger partial charge in [0.25, 0.3) is 0 Å². The molecule has 0 amide bonds. The first kappa shape index (κ1) is 6.02. The van der Waals surface area contributed by atoms with Gasteiger partial charge in [-0.15, -0.1) is 0 Å². The van der Waals surface area contributed by atoms with Crippen LogP contribution in [0.5, 0.6) is 0 Å². The van der Waals surface area contributed by atoms with Crippen molar-refractivity contribution >= 4 is 18.9 Å². The van der Waals surface area contributed by atoms with Gasteiger partial charge in [-0.2, -0.15) is 12.6 Å². The zero-order valence-electron chi connectivity index (χ0n) is 3.64. The van der Waals surface area contributed by atoms with Gasteiger partial charge in [-0.25, -0.2) is 0 Å². The van der Waals surface area contributed by atoms with Crippen LogP contribution in [0.1, 0.15) is 6.92 Å². The third-order valence-electron chi connectivity index (χ3n) is 0.475. The lowest BCUT2D eigenvalue weighted by Crippen LogP contribution is -1.94. The van der Waals surface area contributed by atoms with Crippen molar-refractivity contribution in [3.63, 3.8) is 0 Å². The van der Waals surface area contributed by atoms with Crippen molar-refractivity contribution in [2.24, 2.45) is 5.92 Å². The molecule has 0 aromatic carbocycles. The van der Waals surface area contributed by atoms with Gasteiger partial charge in [-0.3, -0.25) is 4.79 Å². The average molecular weight is 103 g/mol. The lowest BCUT2D eigenvalue weighted by atomic mass is 10.3. The number of thiol groups is 1. The highest BCUT2D eigenvalue weighted by atomic mass is 32.1. The Labute approximate surface area is 43.2 Å². The molecule has 0 aliphatic carbocycles. The maximum Gasteiger partial charge on any atom is 0.202 e. The fourth-order valence-corrected chi connectivity index (χ4v) is 0.112. The first-order valence-electron chi connectivity index (χ1n) is 1.79. The molecule has 2 heteroatoms. The number of rotatable bonds is 2. The summed E-state index contributed by atoms with van der Waals surface area (Å²) in [5.41, 5.74) is 0. The van der Waals surface area contributed by atoms with Gasteiger partial charge in [0.05, 0.1) is 0 Å². The Morgan fingerprint density at radius 3 is 2.50 bits per heavy atom. The molecule has 0 fully saturated rings. The normalized spacial score (nSPS) is 13.7. The Morgan fingerprint density at radius 2 is 2.50 bits per heavy atom. The summed E-state index contributed by atoms with van der Waals surface area (Å²) >= 11 is 3.83. The van der Waals surface area contributed by atoms with E-state index in [-0.39, 0.29) is 5.92 Å². The second-order valence-electron chi connectivity index (χ2n) is 1.20. The molecule has 0 rings (SSSR count). The Bertz CT molecular complexity index is 44.8. The molecule has 35 valence electrons. The summed E-state index contributed by atoms with van der Waals surface area (Å²) in [6, 6.07) is 0. The molecule has 6 heavy (non-hydrogen) atoms. The van der Waals surface area contributed by atoms with Crippen molar-refractivity contribution < 1.29 is 4.79 Å². The molecular formula is C4H7OS. The van der Waals surface area contributed by atoms with E-state index in [1.165, 1.54) is 0 Å². The van der Waals surface area contributed by atoms with E-state index in [2.05, 4.69) is 12.6 Å². The predicted molar refractivity (Wildman–Crippen MR) is 28.7 cm³/mol. The molecular weight excluding hydrogens is 96.1 g/mol. The summed E-state index contributed by atoms with van der Waals surface area (Å²) < 4.78 is 0. The molecule has 0 spiro atoms. The third-order valence-corrected chi connectivity index (χ3v) is 1.02. The van der Waals surface area contributed by atoms with Crippen LogP contribution in [0.3, 0.4) is 0 Å². The predicted octanol–water partition coefficient (Wildman–Crippen LogP) is 0.662. The number of hydrogen-bond donors (Lipinski definition) is 1. The van der Waals surface area contributed by atoms with Gasteiger partial charge in [0.1, 0.15) is 0 Å². The number of hydrogen-bond acceptors (Lipinski definition) is 2. The molecule has 0 aliphatic heterocycles. The van der Waals surface area contributed by atoms with Crippen LogP contribution in [-0.2, 0) is 4.79 Å². The molecule has 1 radical (unpaired) electrons. The smallest absolute Gasteiger partial charge is 0.202 e. The second-order valence-corrected chi connectivity index (χ2v) is 1.57. The lowest BCUT2D eigenvalue weighted by Gasteiger charge is -1.87. The van der Waals surface area contributed by atoms with Crippen molar-refractivity contribution in [2.45, 2.75) is 6.92 Å². The third kappa shape index (κ3) is 2.27. The van der Waals surface area contributed by atoms with Gasteiger partial charge in [0, 0.05) is 11.7 Å². The Balaban J connectivity index is 2.96. The minimum Gasteiger partial charge on any atom is -0.291 e. The van der Waals surface area contributed by atoms with Crippen LogP contribution in [0.2, 0.25) is 0 Å². The Hall–Kier alpha value is 0.0200. The molecule has 0 saturated heterocycles. The molecule has 1 unspecified atom stereocenters. The van der Waals surface area contributed by atoms with Gasteiger partial charge in [0.15, 0.2) is 0 Å². The standard InChI is InChI=1S/C4H7OS/c1-4(2-5)3-6/h4,6H,3H2,1H3. The molecule has 0 aliphatic rings. The van der Waals surface area contributed by atoms with Crippen molar-refractivity contribution in [3.8, 4) is 0 Å². The van der Waals surface area contributed by atoms with E-state index < -0.39 is 0 Å². The van der Waals surface area contributed by atoms with Crippen LogP contribution < -0.4 is 0 Å². The van der Waals surface area contributed by atoms with E-state index >= 15 is 0 Å². The van der Waals surface area contributed by atoms with E-state index in [1.807, 2.05) is 0 Å². The molecule has 0 saturated carbocycles. The summed E-state index contributed by atoms with van der Waals surface area (Å²) in [5, 5.41) is 0. The van der Waals surface area contributed by atoms with Gasteiger partial charge >= 0.3 is 0 Å². The van der Waals surface area contributed by atoms with E-state index in [0.29, 0.717) is 5.75 Å². The van der Waals surface area contributed by atoms with Crippen LogP contribution in [0, 0.1) is 5.92 Å². The Morgan fingerprint density at radius 1 is 2.00 bits per heavy atom. The van der Waals surface area contributed by atoms with Gasteiger partial charge in [-0.1, -0.05) is 6.92 Å². The van der Waals surface area contributed by atoms with Crippen LogP contribution in [-0.4, -0.2) is 12.0 Å². The quantitative estimate of drug-likeness (QED) is 0.508. The fraction of sp³-hybridized carbons (Fsp3) is 0.750. The molecule has 0 aromatic heterocycles. The zero-order valence-corrected chi connectivity index (χ0v) is 4.53. The zero-order chi connectivity index (χ0) is 4.99. The second kappa shape index (κ2) is 3.22. The van der Waals surface area contributed by atoms with Gasteiger partial charge in [0.2, 0.25) is 6.29 Å². The largest absolute Gasteiger partial charge is 0.291 e. The monoisotopic (exact) mass is 103 g/mol. The van der Waals surface area contributed by atoms with Gasteiger partial charge in [-0.05, 0) is 0 Å². The number of carbonyl (C=O) groups excluding carboxylic acids is 1. The summed E-state index contributed by atoms with van der Waals surface area (Å²) in [5.74, 6) is 0.595. The fourth-order valence-electron chi connectivity index (χ4n) is 0.0373. The van der Waals surface area contributed by atoms with Crippen LogP contribution in [0.4, 0.5) is 0 Å². The summed E-state index contributed by atoms with van der Waals surface area (Å²) in [4.78, 5) is 9.56. The van der Waals surface area contributed by atoms with E-state index in [0.717, 1.165) is 0 Å². The van der Waals surface area contributed by atoms with E-state index in [4.69, 9.17) is 0 Å². The minimum atomic E-state index is -0.00617. The topological polar surface area (TPSA) is 17.1 Å². The maximum atomic E-state index is 9.56. The average Bonchev–Trinajstić information content (AvgIpc) is 1.65. The van der Waals surface area contributed by atoms with Gasteiger partial charge < -0.3 is 0 Å². The highest BCUT2D eigenvalue weighted by molar-refractivity contribution is 7.80. The molecule has 0 aromatic rings. The van der Waals surface area contributed by atoms with Crippen LogP contribution in [0.25, 0.3) is 0 Å². The first-order chi connectivity index (χ1) is 2.81. The van der Waals surface area contributed by atoms with Crippen LogP contribution in [0.15, 0.2) is 0 Å². The molecule has 0 N–H and O–H groups in total. The van der Waals surface area contributed by atoms with Crippen molar-refractivity contribution in [1.29, 1.82) is 0 Å². The van der Waals surface area contributed by atoms with E-state index in [1.54, 1.807) is 13.2 Å². The summed E-state index contributed by atoms with van der Waals surface area (Å²) in [6.07, 6.45) is 1.79. The highest BCUT2D eigenvalue weighted by Gasteiger charge is 1.91. The summed E-state index contributed by atoms with van der Waals surface area (Å²) in [6.45, 7) is 1.78. The maximum absolute atomic E-state index is 9.56. The molecule has 0 bridgehead atoms. The van der Waals surface area contributed by atoms with Crippen molar-refractivity contribution in [1.82, 2.24) is 0 Å². The highest BCUT2D eigenvalue weighted by Crippen LogP contribution is 1.88. The van der Waals surface area contributed by atoms with Crippen LogP contribution >= 0.6 is 12.6 Å². The minimum absolute atomic E-state index is 0.00617. The first-order valence-corrected chi connectivity index (χ1v) is 2.43.